The number of amides is 1. The topological polar surface area (TPSA) is 48.5 Å². The van der Waals surface area contributed by atoms with Crippen LogP contribution in [0.25, 0.3) is 0 Å². The average Bonchev–Trinajstić information content (AvgIpc) is 2.56. The molecule has 2 rings (SSSR count). The molecule has 0 bridgehead atoms. The van der Waals surface area contributed by atoms with Crippen molar-refractivity contribution in [2.45, 2.75) is 6.92 Å². The van der Waals surface area contributed by atoms with Gasteiger partial charge in [0.15, 0.2) is 0 Å². The summed E-state index contributed by atoms with van der Waals surface area (Å²) in [6.07, 6.45) is 1.67. The number of pyridine rings is 1. The third kappa shape index (κ3) is 4.79. The van der Waals surface area contributed by atoms with Crippen LogP contribution in [0.5, 0.6) is 0 Å². The molecular formula is C18H24N4O. The van der Waals surface area contributed by atoms with Crippen LogP contribution in [0.3, 0.4) is 0 Å². The monoisotopic (exact) mass is 312 g/mol. The van der Waals surface area contributed by atoms with Crippen LogP contribution in [0, 0.1) is 0 Å². The number of para-hydroxylation sites is 1. The fourth-order valence-electron chi connectivity index (χ4n) is 2.27. The third-order valence-electron chi connectivity index (χ3n) is 3.50. The van der Waals surface area contributed by atoms with Gasteiger partial charge in [0.25, 0.3) is 5.91 Å². The van der Waals surface area contributed by atoms with Gasteiger partial charge >= 0.3 is 0 Å². The number of nitrogens with one attached hydrogen (secondary N) is 1. The summed E-state index contributed by atoms with van der Waals surface area (Å²) in [5.74, 6) is -0.0880. The molecule has 122 valence electrons. The second kappa shape index (κ2) is 8.29. The first kappa shape index (κ1) is 17.0. The van der Waals surface area contributed by atoms with Gasteiger partial charge in [-0.3, -0.25) is 9.78 Å². The zero-order valence-corrected chi connectivity index (χ0v) is 14.0. The molecule has 1 N–H and O–H groups in total. The second-order valence-corrected chi connectivity index (χ2v) is 5.54. The summed E-state index contributed by atoms with van der Waals surface area (Å²) < 4.78 is 0. The van der Waals surface area contributed by atoms with E-state index in [4.69, 9.17) is 0 Å². The molecule has 2 aromatic rings. The predicted molar refractivity (Wildman–Crippen MR) is 95.1 cm³/mol. The van der Waals surface area contributed by atoms with Crippen molar-refractivity contribution in [1.29, 1.82) is 0 Å². The quantitative estimate of drug-likeness (QED) is 0.854. The van der Waals surface area contributed by atoms with Gasteiger partial charge in [-0.05, 0) is 45.3 Å². The lowest BCUT2D eigenvalue weighted by molar-refractivity contribution is 0.0983. The summed E-state index contributed by atoms with van der Waals surface area (Å²) in [5, 5.41) is 3.32. The highest BCUT2D eigenvalue weighted by atomic mass is 16.2. The van der Waals surface area contributed by atoms with Crippen molar-refractivity contribution in [2.75, 3.05) is 43.9 Å². The number of anilines is 2. The smallest absolute Gasteiger partial charge is 0.276 e. The number of nitrogens with zero attached hydrogens (tertiary/aromatic N) is 3. The molecule has 0 spiro atoms. The standard InChI is InChI=1S/C18H24N4O/c1-4-22(16-8-6-5-7-9-16)18(23)17-14-15(10-11-20-17)19-12-13-21(2)3/h5-11,14H,4,12-13H2,1-3H3,(H,19,20). The minimum Gasteiger partial charge on any atom is -0.384 e. The van der Waals surface area contributed by atoms with Gasteiger partial charge in [0.05, 0.1) is 0 Å². The Kier molecular flexibility index (Phi) is 6.11. The zero-order chi connectivity index (χ0) is 16.7. The largest absolute Gasteiger partial charge is 0.384 e. The van der Waals surface area contributed by atoms with Gasteiger partial charge in [-0.25, -0.2) is 0 Å². The first-order valence-corrected chi connectivity index (χ1v) is 7.83. The number of likely N-dealkylation sites (N-methyl/N-ethyl adjacent to an activating group) is 1. The van der Waals surface area contributed by atoms with Crippen molar-refractivity contribution in [1.82, 2.24) is 9.88 Å². The highest BCUT2D eigenvalue weighted by molar-refractivity contribution is 6.05. The maximum atomic E-state index is 12.7. The highest BCUT2D eigenvalue weighted by Gasteiger charge is 2.17. The predicted octanol–water partition coefficient (Wildman–Crippen LogP) is 2.72. The van der Waals surface area contributed by atoms with E-state index in [2.05, 4.69) is 15.2 Å². The van der Waals surface area contributed by atoms with Crippen LogP contribution in [-0.4, -0.2) is 49.5 Å². The fourth-order valence-corrected chi connectivity index (χ4v) is 2.27. The summed E-state index contributed by atoms with van der Waals surface area (Å²) in [6.45, 7) is 4.31. The lowest BCUT2D eigenvalue weighted by Gasteiger charge is -2.21. The van der Waals surface area contributed by atoms with E-state index in [1.165, 1.54) is 0 Å². The van der Waals surface area contributed by atoms with Crippen molar-refractivity contribution >= 4 is 17.3 Å². The van der Waals surface area contributed by atoms with E-state index in [0.717, 1.165) is 24.5 Å². The van der Waals surface area contributed by atoms with Gasteiger partial charge in [0.1, 0.15) is 5.69 Å². The Bertz CT molecular complexity index is 628. The third-order valence-corrected chi connectivity index (χ3v) is 3.50. The van der Waals surface area contributed by atoms with Crippen LogP contribution in [0.15, 0.2) is 48.7 Å². The number of carbonyl (C=O) groups excluding carboxylic acids is 1. The average molecular weight is 312 g/mol. The normalized spacial score (nSPS) is 10.6. The fraction of sp³-hybridized carbons (Fsp3) is 0.333. The first-order valence-electron chi connectivity index (χ1n) is 7.83. The molecule has 0 aliphatic carbocycles. The van der Waals surface area contributed by atoms with Gasteiger partial charge in [0.2, 0.25) is 0 Å². The Hall–Kier alpha value is -2.40. The second-order valence-electron chi connectivity index (χ2n) is 5.54. The Morgan fingerprint density at radius 1 is 1.17 bits per heavy atom. The molecule has 0 unspecified atom stereocenters. The summed E-state index contributed by atoms with van der Waals surface area (Å²) in [7, 11) is 4.06. The van der Waals surface area contributed by atoms with Crippen molar-refractivity contribution in [3.8, 4) is 0 Å². The summed E-state index contributed by atoms with van der Waals surface area (Å²) in [5.41, 5.74) is 2.24. The van der Waals surface area contributed by atoms with Crippen molar-refractivity contribution in [2.24, 2.45) is 0 Å². The van der Waals surface area contributed by atoms with Crippen LogP contribution in [0.1, 0.15) is 17.4 Å². The molecule has 1 heterocycles. The summed E-state index contributed by atoms with van der Waals surface area (Å²) in [6, 6.07) is 13.3. The minimum atomic E-state index is -0.0880. The number of rotatable bonds is 7. The Balaban J connectivity index is 2.12. The van der Waals surface area contributed by atoms with E-state index < -0.39 is 0 Å². The lowest BCUT2D eigenvalue weighted by atomic mass is 10.2. The molecule has 0 atom stereocenters. The molecule has 0 fully saturated rings. The van der Waals surface area contributed by atoms with Gasteiger partial charge in [-0.2, -0.15) is 0 Å². The van der Waals surface area contributed by atoms with Gasteiger partial charge in [-0.1, -0.05) is 18.2 Å². The van der Waals surface area contributed by atoms with Crippen molar-refractivity contribution < 1.29 is 4.79 Å². The van der Waals surface area contributed by atoms with Crippen LogP contribution in [-0.2, 0) is 0 Å². The Morgan fingerprint density at radius 3 is 2.57 bits per heavy atom. The van der Waals surface area contributed by atoms with Crippen LogP contribution in [0.2, 0.25) is 0 Å². The number of hydrogen-bond acceptors (Lipinski definition) is 4. The van der Waals surface area contributed by atoms with Gasteiger partial charge in [0, 0.05) is 37.2 Å². The molecule has 5 heteroatoms. The number of benzene rings is 1. The van der Waals surface area contributed by atoms with E-state index in [-0.39, 0.29) is 5.91 Å². The van der Waals surface area contributed by atoms with E-state index in [0.29, 0.717) is 12.2 Å². The van der Waals surface area contributed by atoms with Crippen molar-refractivity contribution in [3.63, 3.8) is 0 Å². The minimum absolute atomic E-state index is 0.0880. The molecule has 1 amide bonds. The van der Waals surface area contributed by atoms with Crippen molar-refractivity contribution in [3.05, 3.63) is 54.4 Å². The molecule has 0 saturated carbocycles. The maximum Gasteiger partial charge on any atom is 0.276 e. The van der Waals surface area contributed by atoms with Crippen LogP contribution < -0.4 is 10.2 Å². The van der Waals surface area contributed by atoms with E-state index in [1.54, 1.807) is 11.1 Å². The maximum absolute atomic E-state index is 12.7. The molecule has 0 radical (unpaired) electrons. The molecule has 5 nitrogen and oxygen atoms in total. The molecule has 0 aliphatic heterocycles. The van der Waals surface area contributed by atoms with Crippen LogP contribution >= 0.6 is 0 Å². The molecule has 0 aliphatic rings. The Morgan fingerprint density at radius 2 is 1.91 bits per heavy atom. The molecule has 0 saturated heterocycles. The SMILES string of the molecule is CCN(C(=O)c1cc(NCCN(C)C)ccn1)c1ccccc1. The molecule has 1 aromatic carbocycles. The number of aromatic nitrogens is 1. The molecule has 23 heavy (non-hydrogen) atoms. The van der Waals surface area contributed by atoms with Gasteiger partial charge < -0.3 is 15.1 Å². The summed E-state index contributed by atoms with van der Waals surface area (Å²) in [4.78, 5) is 20.8. The lowest BCUT2D eigenvalue weighted by Crippen LogP contribution is -2.31. The van der Waals surface area contributed by atoms with Crippen LogP contribution in [0.4, 0.5) is 11.4 Å². The van der Waals surface area contributed by atoms with E-state index in [1.807, 2.05) is 63.5 Å². The number of hydrogen-bond donors (Lipinski definition) is 1. The Labute approximate surface area is 137 Å². The van der Waals surface area contributed by atoms with E-state index >= 15 is 0 Å². The van der Waals surface area contributed by atoms with E-state index in [9.17, 15) is 4.79 Å². The molecular weight excluding hydrogens is 288 g/mol. The first-order chi connectivity index (χ1) is 11.1. The summed E-state index contributed by atoms with van der Waals surface area (Å²) >= 11 is 0. The highest BCUT2D eigenvalue weighted by Crippen LogP contribution is 2.17. The molecule has 1 aromatic heterocycles. The number of carbonyl (C=O) groups is 1. The van der Waals surface area contributed by atoms with Gasteiger partial charge in [-0.15, -0.1) is 0 Å². The zero-order valence-electron chi connectivity index (χ0n) is 14.0.